The molecule has 1 saturated carbocycles. The standard InChI is InChI=1S/C22H24F2N8O5/c1-36-19-13(20-25-11-32(30-20)7-8-33)3-2-4-14(19)26-15-9-17(27-21(34)12-5-6-12)28-29-18(15)22(35)31-37-10-16(23)24/h2-4,9,11-12,16,33H,5-8,10H2,1H3,(H,31,35)(H2,26,27,28,34). The molecule has 1 aromatic carbocycles. The Labute approximate surface area is 209 Å². The van der Waals surface area contributed by atoms with E-state index in [0.29, 0.717) is 22.8 Å². The number of hydrogen-bond acceptors (Lipinski definition) is 10. The van der Waals surface area contributed by atoms with Gasteiger partial charge >= 0.3 is 0 Å². The molecule has 2 amide bonds. The molecular formula is C22H24F2N8O5. The molecule has 4 N–H and O–H groups in total. The molecule has 2 aromatic heterocycles. The predicted molar refractivity (Wildman–Crippen MR) is 125 cm³/mol. The van der Waals surface area contributed by atoms with E-state index in [1.807, 2.05) is 5.48 Å². The molecule has 0 atom stereocenters. The molecule has 0 unspecified atom stereocenters. The van der Waals surface area contributed by atoms with Gasteiger partial charge in [0.05, 0.1) is 37.2 Å². The number of anilines is 3. The normalized spacial score (nSPS) is 12.9. The zero-order valence-corrected chi connectivity index (χ0v) is 19.6. The van der Waals surface area contributed by atoms with E-state index in [2.05, 4.69) is 35.8 Å². The molecule has 0 saturated heterocycles. The third-order valence-electron chi connectivity index (χ3n) is 5.18. The number of hydrogen-bond donors (Lipinski definition) is 4. The Hall–Kier alpha value is -4.24. The summed E-state index contributed by atoms with van der Waals surface area (Å²) in [5.74, 6) is -0.512. The van der Waals surface area contributed by atoms with Gasteiger partial charge in [0.1, 0.15) is 12.9 Å². The van der Waals surface area contributed by atoms with Gasteiger partial charge < -0.3 is 20.5 Å². The number of para-hydroxylation sites is 1. The highest BCUT2D eigenvalue weighted by molar-refractivity contribution is 5.99. The fraction of sp³-hybridized carbons (Fsp3) is 0.364. The summed E-state index contributed by atoms with van der Waals surface area (Å²) in [6.45, 7) is -0.858. The van der Waals surface area contributed by atoms with Gasteiger partial charge in [-0.05, 0) is 25.0 Å². The number of benzene rings is 1. The smallest absolute Gasteiger partial charge is 0.297 e. The second-order valence-electron chi connectivity index (χ2n) is 7.95. The van der Waals surface area contributed by atoms with E-state index < -0.39 is 18.9 Å². The van der Waals surface area contributed by atoms with Crippen LogP contribution < -0.4 is 20.9 Å². The van der Waals surface area contributed by atoms with Crippen molar-refractivity contribution in [3.8, 4) is 17.1 Å². The molecule has 4 rings (SSSR count). The lowest BCUT2D eigenvalue weighted by Crippen LogP contribution is -2.28. The number of carbonyl (C=O) groups is 2. The number of aliphatic hydroxyl groups is 1. The van der Waals surface area contributed by atoms with Crippen molar-refractivity contribution in [1.29, 1.82) is 0 Å². The van der Waals surface area contributed by atoms with E-state index >= 15 is 0 Å². The monoisotopic (exact) mass is 518 g/mol. The minimum atomic E-state index is -2.79. The molecule has 0 spiro atoms. The van der Waals surface area contributed by atoms with Crippen LogP contribution >= 0.6 is 0 Å². The number of alkyl halides is 2. The maximum absolute atomic E-state index is 12.6. The van der Waals surface area contributed by atoms with Crippen LogP contribution in [-0.2, 0) is 16.2 Å². The van der Waals surface area contributed by atoms with Crippen LogP contribution in [0.5, 0.6) is 5.75 Å². The highest BCUT2D eigenvalue weighted by Gasteiger charge is 2.30. The Kier molecular flexibility index (Phi) is 8.15. The molecule has 196 valence electrons. The van der Waals surface area contributed by atoms with Crippen molar-refractivity contribution in [3.63, 3.8) is 0 Å². The van der Waals surface area contributed by atoms with Crippen molar-refractivity contribution >= 4 is 29.0 Å². The summed E-state index contributed by atoms with van der Waals surface area (Å²) in [6, 6.07) is 6.46. The molecule has 13 nitrogen and oxygen atoms in total. The van der Waals surface area contributed by atoms with E-state index in [1.54, 1.807) is 18.2 Å². The third-order valence-corrected chi connectivity index (χ3v) is 5.18. The van der Waals surface area contributed by atoms with Crippen LogP contribution in [0.1, 0.15) is 23.3 Å². The fourth-order valence-corrected chi connectivity index (χ4v) is 3.31. The molecule has 15 heteroatoms. The lowest BCUT2D eigenvalue weighted by atomic mass is 10.1. The van der Waals surface area contributed by atoms with Crippen LogP contribution in [0, 0.1) is 5.92 Å². The van der Waals surface area contributed by atoms with Crippen molar-refractivity contribution in [3.05, 3.63) is 36.3 Å². The van der Waals surface area contributed by atoms with Gasteiger partial charge in [-0.1, -0.05) is 6.07 Å². The summed E-state index contributed by atoms with van der Waals surface area (Å²) >= 11 is 0. The lowest BCUT2D eigenvalue weighted by molar-refractivity contribution is -0.117. The fourth-order valence-electron chi connectivity index (χ4n) is 3.31. The minimum Gasteiger partial charge on any atom is -0.494 e. The number of nitrogens with zero attached hydrogens (tertiary/aromatic N) is 5. The average molecular weight is 518 g/mol. The van der Waals surface area contributed by atoms with E-state index in [0.717, 1.165) is 12.8 Å². The Balaban J connectivity index is 1.65. The molecule has 0 bridgehead atoms. The van der Waals surface area contributed by atoms with Crippen LogP contribution in [0.3, 0.4) is 0 Å². The maximum Gasteiger partial charge on any atom is 0.297 e. The highest BCUT2D eigenvalue weighted by atomic mass is 19.3. The number of aromatic nitrogens is 5. The van der Waals surface area contributed by atoms with Crippen LogP contribution in [0.25, 0.3) is 11.4 Å². The SMILES string of the molecule is COc1c(Nc2cc(NC(=O)C3CC3)nnc2C(=O)NOCC(F)F)cccc1-c1ncn(CCO)n1. The minimum absolute atomic E-state index is 0.0870. The number of methoxy groups -OCH3 is 1. The summed E-state index contributed by atoms with van der Waals surface area (Å²) in [5, 5.41) is 26.8. The molecule has 1 aliphatic rings. The van der Waals surface area contributed by atoms with E-state index in [1.165, 1.54) is 24.2 Å². The Morgan fingerprint density at radius 3 is 2.76 bits per heavy atom. The average Bonchev–Trinajstić information content (AvgIpc) is 3.63. The molecule has 0 aliphatic heterocycles. The number of aliphatic hydroxyl groups excluding tert-OH is 1. The molecule has 1 aliphatic carbocycles. The van der Waals surface area contributed by atoms with Gasteiger partial charge in [-0.25, -0.2) is 19.2 Å². The number of halogens is 2. The first kappa shape index (κ1) is 25.8. The van der Waals surface area contributed by atoms with Crippen molar-refractivity contribution < 1.29 is 33.1 Å². The van der Waals surface area contributed by atoms with Gasteiger partial charge in [0.2, 0.25) is 5.91 Å². The van der Waals surface area contributed by atoms with Gasteiger partial charge in [0.25, 0.3) is 12.3 Å². The van der Waals surface area contributed by atoms with E-state index in [4.69, 9.17) is 9.84 Å². The van der Waals surface area contributed by atoms with Crippen LogP contribution in [-0.4, -0.2) is 68.6 Å². The van der Waals surface area contributed by atoms with Crippen LogP contribution in [0.4, 0.5) is 26.0 Å². The van der Waals surface area contributed by atoms with Crippen molar-refractivity contribution in [1.82, 2.24) is 30.4 Å². The summed E-state index contributed by atoms with van der Waals surface area (Å²) < 4.78 is 31.9. The van der Waals surface area contributed by atoms with E-state index in [9.17, 15) is 18.4 Å². The number of ether oxygens (including phenoxy) is 1. The third kappa shape index (κ3) is 6.50. The second kappa shape index (κ2) is 11.7. The first-order valence-corrected chi connectivity index (χ1v) is 11.2. The van der Waals surface area contributed by atoms with Gasteiger partial charge in [-0.2, -0.15) is 5.10 Å². The molecular weight excluding hydrogens is 494 g/mol. The number of rotatable bonds is 12. The van der Waals surface area contributed by atoms with Crippen LogP contribution in [0.15, 0.2) is 30.6 Å². The molecule has 3 aromatic rings. The number of hydroxylamine groups is 1. The number of carbonyl (C=O) groups excluding carboxylic acids is 2. The summed E-state index contributed by atoms with van der Waals surface area (Å²) in [5.41, 5.74) is 2.61. The molecule has 2 heterocycles. The number of amides is 2. The van der Waals surface area contributed by atoms with Gasteiger partial charge in [-0.3, -0.25) is 19.1 Å². The molecule has 37 heavy (non-hydrogen) atoms. The van der Waals surface area contributed by atoms with Crippen molar-refractivity contribution in [2.24, 2.45) is 5.92 Å². The zero-order chi connectivity index (χ0) is 26.4. The number of nitrogens with one attached hydrogen (secondary N) is 3. The first-order valence-electron chi connectivity index (χ1n) is 11.2. The lowest BCUT2D eigenvalue weighted by Gasteiger charge is -2.16. The Morgan fingerprint density at radius 2 is 2.05 bits per heavy atom. The topological polar surface area (TPSA) is 165 Å². The zero-order valence-electron chi connectivity index (χ0n) is 19.6. The Bertz CT molecular complexity index is 1270. The van der Waals surface area contributed by atoms with Gasteiger partial charge in [0, 0.05) is 12.0 Å². The molecule has 0 radical (unpaired) electrons. The maximum atomic E-state index is 12.6. The van der Waals surface area contributed by atoms with Gasteiger partial charge in [0.15, 0.2) is 23.1 Å². The molecule has 1 fully saturated rings. The van der Waals surface area contributed by atoms with Crippen molar-refractivity contribution in [2.45, 2.75) is 25.8 Å². The predicted octanol–water partition coefficient (Wildman–Crippen LogP) is 1.75. The summed E-state index contributed by atoms with van der Waals surface area (Å²) in [6.07, 6.45) is 0.233. The Morgan fingerprint density at radius 1 is 1.24 bits per heavy atom. The summed E-state index contributed by atoms with van der Waals surface area (Å²) in [4.78, 5) is 33.6. The van der Waals surface area contributed by atoms with E-state index in [-0.39, 0.29) is 42.2 Å². The van der Waals surface area contributed by atoms with Gasteiger partial charge in [-0.15, -0.1) is 10.2 Å². The largest absolute Gasteiger partial charge is 0.494 e. The van der Waals surface area contributed by atoms with Crippen LogP contribution in [0.2, 0.25) is 0 Å². The summed E-state index contributed by atoms with van der Waals surface area (Å²) in [7, 11) is 1.44. The highest BCUT2D eigenvalue weighted by Crippen LogP contribution is 2.37. The second-order valence-corrected chi connectivity index (χ2v) is 7.95. The first-order chi connectivity index (χ1) is 17.9. The van der Waals surface area contributed by atoms with Crippen molar-refractivity contribution in [2.75, 3.05) is 31.0 Å². The quantitative estimate of drug-likeness (QED) is 0.260.